The molecule has 0 saturated carbocycles. The average Bonchev–Trinajstić information content (AvgIpc) is 2.62. The molecule has 0 bridgehead atoms. The molecule has 1 unspecified atom stereocenters. The topological polar surface area (TPSA) is 72.7 Å². The smallest absolute Gasteiger partial charge is 0.0883 e. The first-order valence-corrected chi connectivity index (χ1v) is 10.3. The monoisotopic (exact) mass is 345 g/mol. The van der Waals surface area contributed by atoms with E-state index in [1.807, 2.05) is 0 Å². The first-order chi connectivity index (χ1) is 11.7. The van der Waals surface area contributed by atoms with E-state index in [-0.39, 0.29) is 25.9 Å². The van der Waals surface area contributed by atoms with Crippen molar-refractivity contribution in [1.29, 1.82) is 0 Å². The minimum absolute atomic E-state index is 0.233. The van der Waals surface area contributed by atoms with Crippen LogP contribution in [0.4, 0.5) is 0 Å². The van der Waals surface area contributed by atoms with E-state index in [2.05, 4.69) is 19.2 Å². The molecule has 4 heteroatoms. The molecule has 4 N–H and O–H groups in total. The van der Waals surface area contributed by atoms with Crippen molar-refractivity contribution in [3.8, 4) is 0 Å². The molecule has 0 aliphatic heterocycles. The zero-order valence-corrected chi connectivity index (χ0v) is 16.2. The minimum atomic E-state index is -0.948. The number of unbranched alkanes of at least 4 members (excludes halogenated alkanes) is 9. The molecule has 0 aromatic heterocycles. The van der Waals surface area contributed by atoms with Crippen LogP contribution in [0.5, 0.6) is 0 Å². The summed E-state index contributed by atoms with van der Waals surface area (Å²) >= 11 is 0. The lowest BCUT2D eigenvalue weighted by molar-refractivity contribution is 0.0320. The predicted molar refractivity (Wildman–Crippen MR) is 102 cm³/mol. The maximum atomic E-state index is 9.55. The highest BCUT2D eigenvalue weighted by molar-refractivity contribution is 4.89. The Hall–Kier alpha value is -0.160. The quantitative estimate of drug-likeness (QED) is 0.285. The summed E-state index contributed by atoms with van der Waals surface area (Å²) in [4.78, 5) is 0. The molecular formula is C20H43NO3. The van der Waals surface area contributed by atoms with Crippen LogP contribution in [-0.2, 0) is 0 Å². The van der Waals surface area contributed by atoms with Crippen molar-refractivity contribution in [3.05, 3.63) is 0 Å². The minimum Gasteiger partial charge on any atom is -0.394 e. The van der Waals surface area contributed by atoms with Crippen molar-refractivity contribution in [3.63, 3.8) is 0 Å². The Morgan fingerprint density at radius 1 is 0.625 bits per heavy atom. The van der Waals surface area contributed by atoms with E-state index in [9.17, 15) is 15.3 Å². The van der Waals surface area contributed by atoms with Gasteiger partial charge in [0.1, 0.15) is 0 Å². The number of hydrogen-bond acceptors (Lipinski definition) is 4. The van der Waals surface area contributed by atoms with Crippen molar-refractivity contribution in [2.24, 2.45) is 0 Å². The van der Waals surface area contributed by atoms with Crippen LogP contribution >= 0.6 is 0 Å². The Morgan fingerprint density at radius 2 is 1.00 bits per heavy atom. The lowest BCUT2D eigenvalue weighted by Gasteiger charge is -2.34. The summed E-state index contributed by atoms with van der Waals surface area (Å²) in [5.41, 5.74) is -0.948. The van der Waals surface area contributed by atoms with E-state index in [4.69, 9.17) is 0 Å². The van der Waals surface area contributed by atoms with Crippen LogP contribution in [-0.4, -0.2) is 46.7 Å². The third kappa shape index (κ3) is 11.4. The van der Waals surface area contributed by atoms with Gasteiger partial charge in [0.15, 0.2) is 0 Å². The van der Waals surface area contributed by atoms with Gasteiger partial charge in [-0.25, -0.2) is 0 Å². The predicted octanol–water partition coefficient (Wildman–Crippen LogP) is 3.77. The van der Waals surface area contributed by atoms with E-state index in [1.54, 1.807) is 0 Å². The Balaban J connectivity index is 4.26. The fourth-order valence-electron chi connectivity index (χ4n) is 3.17. The summed E-state index contributed by atoms with van der Waals surface area (Å²) in [6.45, 7) is 3.76. The van der Waals surface area contributed by atoms with Gasteiger partial charge in [-0.2, -0.15) is 0 Å². The molecule has 24 heavy (non-hydrogen) atoms. The normalized spacial score (nSPS) is 13.4. The second-order valence-electron chi connectivity index (χ2n) is 7.36. The van der Waals surface area contributed by atoms with E-state index >= 15 is 0 Å². The zero-order chi connectivity index (χ0) is 18.1. The van der Waals surface area contributed by atoms with E-state index in [0.717, 1.165) is 12.8 Å². The van der Waals surface area contributed by atoms with Crippen molar-refractivity contribution >= 4 is 0 Å². The highest BCUT2D eigenvalue weighted by Crippen LogP contribution is 2.16. The largest absolute Gasteiger partial charge is 0.394 e. The number of rotatable bonds is 18. The average molecular weight is 346 g/mol. The Labute approximate surface area is 150 Å². The molecule has 146 valence electrons. The fourth-order valence-corrected chi connectivity index (χ4v) is 3.17. The Morgan fingerprint density at radius 3 is 1.38 bits per heavy atom. The molecule has 4 nitrogen and oxygen atoms in total. The second-order valence-corrected chi connectivity index (χ2v) is 7.36. The Kier molecular flexibility index (Phi) is 16.2. The van der Waals surface area contributed by atoms with Gasteiger partial charge in [-0.15, -0.1) is 0 Å². The van der Waals surface area contributed by atoms with Crippen molar-refractivity contribution in [1.82, 2.24) is 5.32 Å². The van der Waals surface area contributed by atoms with Gasteiger partial charge in [-0.3, -0.25) is 0 Å². The van der Waals surface area contributed by atoms with Gasteiger partial charge in [-0.05, 0) is 12.8 Å². The number of aliphatic hydroxyl groups excluding tert-OH is 3. The van der Waals surface area contributed by atoms with Gasteiger partial charge in [0.25, 0.3) is 0 Å². The van der Waals surface area contributed by atoms with Crippen LogP contribution in [0.15, 0.2) is 0 Å². The lowest BCUT2D eigenvalue weighted by atomic mass is 9.95. The summed E-state index contributed by atoms with van der Waals surface area (Å²) in [5, 5.41) is 32.0. The summed E-state index contributed by atoms with van der Waals surface area (Å²) in [7, 11) is 0. The molecule has 0 rings (SSSR count). The highest BCUT2D eigenvalue weighted by Gasteiger charge is 2.30. The number of aliphatic hydroxyl groups is 3. The van der Waals surface area contributed by atoms with Gasteiger partial charge in [0, 0.05) is 6.04 Å². The van der Waals surface area contributed by atoms with Crippen LogP contribution in [0.2, 0.25) is 0 Å². The molecule has 0 spiro atoms. The fraction of sp³-hybridized carbons (Fsp3) is 1.00. The molecule has 0 aliphatic carbocycles. The van der Waals surface area contributed by atoms with Crippen LogP contribution in [0.25, 0.3) is 0 Å². The first kappa shape index (κ1) is 23.8. The van der Waals surface area contributed by atoms with Crippen LogP contribution in [0.3, 0.4) is 0 Å². The molecule has 1 atom stereocenters. The van der Waals surface area contributed by atoms with Crippen molar-refractivity contribution in [2.75, 3.05) is 19.8 Å². The van der Waals surface area contributed by atoms with Gasteiger partial charge in [-0.1, -0.05) is 84.5 Å². The standard InChI is InChI=1S/C20H43NO3/c1-3-5-7-9-11-13-15-19(14-12-10-8-6-4-2)21-20(16-22,17-23)18-24/h19,21-24H,3-18H2,1-2H3. The zero-order valence-electron chi connectivity index (χ0n) is 16.2. The lowest BCUT2D eigenvalue weighted by Crippen LogP contribution is -2.58. The molecule has 0 saturated heterocycles. The summed E-state index contributed by atoms with van der Waals surface area (Å²) < 4.78 is 0. The molecule has 0 amide bonds. The number of hydrogen-bond donors (Lipinski definition) is 4. The van der Waals surface area contributed by atoms with Crippen molar-refractivity contribution < 1.29 is 15.3 Å². The number of nitrogens with one attached hydrogen (secondary N) is 1. The molecular weight excluding hydrogens is 302 g/mol. The summed E-state index contributed by atoms with van der Waals surface area (Å²) in [6.07, 6.45) is 16.0. The van der Waals surface area contributed by atoms with Gasteiger partial charge in [0.2, 0.25) is 0 Å². The molecule has 0 aliphatic rings. The van der Waals surface area contributed by atoms with E-state index in [0.29, 0.717) is 0 Å². The summed E-state index contributed by atoms with van der Waals surface area (Å²) in [6, 6.07) is 0.268. The van der Waals surface area contributed by atoms with Crippen LogP contribution in [0, 0.1) is 0 Å². The van der Waals surface area contributed by atoms with Gasteiger partial charge < -0.3 is 20.6 Å². The molecule has 0 radical (unpaired) electrons. The van der Waals surface area contributed by atoms with E-state index < -0.39 is 5.54 Å². The van der Waals surface area contributed by atoms with Gasteiger partial charge in [0.05, 0.1) is 25.4 Å². The van der Waals surface area contributed by atoms with Gasteiger partial charge >= 0.3 is 0 Å². The van der Waals surface area contributed by atoms with Crippen LogP contribution in [0.1, 0.15) is 97.3 Å². The Bertz CT molecular complexity index is 249. The first-order valence-electron chi connectivity index (χ1n) is 10.3. The van der Waals surface area contributed by atoms with E-state index in [1.165, 1.54) is 70.6 Å². The van der Waals surface area contributed by atoms with Crippen molar-refractivity contribution in [2.45, 2.75) is 109 Å². The second kappa shape index (κ2) is 16.3. The SMILES string of the molecule is CCCCCCCCC(CCCCCCC)NC(CO)(CO)CO. The maximum Gasteiger partial charge on any atom is 0.0883 e. The third-order valence-electron chi connectivity index (χ3n) is 4.98. The maximum absolute atomic E-state index is 9.55. The molecule has 0 aromatic carbocycles. The summed E-state index contributed by atoms with van der Waals surface area (Å²) in [5.74, 6) is 0. The third-order valence-corrected chi connectivity index (χ3v) is 4.98. The molecule has 0 heterocycles. The highest BCUT2D eigenvalue weighted by atomic mass is 16.3. The van der Waals surface area contributed by atoms with Crippen LogP contribution < -0.4 is 5.32 Å². The molecule has 0 aromatic rings. The molecule has 0 fully saturated rings.